The van der Waals surface area contributed by atoms with Gasteiger partial charge in [0.05, 0.1) is 6.04 Å². The predicted octanol–water partition coefficient (Wildman–Crippen LogP) is 2.93. The minimum Gasteiger partial charge on any atom is -0.491 e. The van der Waals surface area contributed by atoms with E-state index < -0.39 is 23.5 Å². The number of esters is 1. The van der Waals surface area contributed by atoms with Gasteiger partial charge in [0.15, 0.2) is 0 Å². The van der Waals surface area contributed by atoms with E-state index in [0.29, 0.717) is 11.3 Å². The lowest BCUT2D eigenvalue weighted by atomic mass is 10.0. The lowest BCUT2D eigenvalue weighted by molar-refractivity contribution is -0.154. The van der Waals surface area contributed by atoms with Crippen LogP contribution in [0.5, 0.6) is 5.75 Å². The molecule has 3 amide bonds. The highest BCUT2D eigenvalue weighted by molar-refractivity contribution is 5.99. The van der Waals surface area contributed by atoms with Gasteiger partial charge in [-0.2, -0.15) is 0 Å². The van der Waals surface area contributed by atoms with Gasteiger partial charge in [-0.05, 0) is 69.5 Å². The molecular weight excluding hydrogens is 474 g/mol. The monoisotopic (exact) mass is 509 g/mol. The molecule has 4 bridgehead atoms. The van der Waals surface area contributed by atoms with E-state index in [4.69, 9.17) is 9.47 Å². The fourth-order valence-corrected chi connectivity index (χ4v) is 3.98. The summed E-state index contributed by atoms with van der Waals surface area (Å²) in [5.41, 5.74) is 1.38. The SMILES string of the molecule is C[C@H]1COc2cccc(c2)-c2cccc(c2)C(=O)N(C)[C@H](C(=O)NCC(=O)OC(C)(C)C)CCC(=O)N1. The molecule has 0 saturated carbocycles. The Morgan fingerprint density at radius 1 is 1.08 bits per heavy atom. The Morgan fingerprint density at radius 3 is 2.43 bits per heavy atom. The lowest BCUT2D eigenvalue weighted by Gasteiger charge is -2.28. The van der Waals surface area contributed by atoms with Crippen LogP contribution >= 0.6 is 0 Å². The zero-order valence-corrected chi connectivity index (χ0v) is 22.0. The molecule has 0 aliphatic carbocycles. The Hall–Kier alpha value is -3.88. The van der Waals surface area contributed by atoms with Crippen molar-refractivity contribution in [3.05, 3.63) is 54.1 Å². The van der Waals surface area contributed by atoms with Crippen LogP contribution in [0.4, 0.5) is 0 Å². The number of amides is 3. The highest BCUT2D eigenvalue weighted by Gasteiger charge is 2.29. The van der Waals surface area contributed by atoms with Crippen molar-refractivity contribution in [1.82, 2.24) is 15.5 Å². The zero-order valence-electron chi connectivity index (χ0n) is 22.0. The number of hydrogen-bond donors (Lipinski definition) is 2. The zero-order chi connectivity index (χ0) is 27.2. The highest BCUT2D eigenvalue weighted by atomic mass is 16.6. The maximum Gasteiger partial charge on any atom is 0.325 e. The topological polar surface area (TPSA) is 114 Å². The predicted molar refractivity (Wildman–Crippen MR) is 139 cm³/mol. The second kappa shape index (κ2) is 11.9. The van der Waals surface area contributed by atoms with Crippen LogP contribution in [0, 0.1) is 0 Å². The third-order valence-electron chi connectivity index (χ3n) is 5.75. The number of likely N-dealkylation sites (N-methyl/N-ethyl adjacent to an activating group) is 1. The number of fused-ring (bicyclic) bond motifs is 5. The molecule has 2 N–H and O–H groups in total. The van der Waals surface area contributed by atoms with Gasteiger partial charge in [0.25, 0.3) is 5.91 Å². The molecule has 3 rings (SSSR count). The van der Waals surface area contributed by atoms with Crippen molar-refractivity contribution < 1.29 is 28.7 Å². The molecule has 0 aromatic heterocycles. The van der Waals surface area contributed by atoms with Crippen molar-refractivity contribution >= 4 is 23.7 Å². The van der Waals surface area contributed by atoms with E-state index in [1.54, 1.807) is 39.0 Å². The van der Waals surface area contributed by atoms with E-state index >= 15 is 0 Å². The van der Waals surface area contributed by atoms with Gasteiger partial charge in [-0.1, -0.05) is 24.3 Å². The molecule has 0 spiro atoms. The fourth-order valence-electron chi connectivity index (χ4n) is 3.98. The normalized spacial score (nSPS) is 18.9. The molecule has 1 aliphatic rings. The van der Waals surface area contributed by atoms with Gasteiger partial charge < -0.3 is 25.0 Å². The first-order valence-electron chi connectivity index (χ1n) is 12.3. The van der Waals surface area contributed by atoms with E-state index in [1.807, 2.05) is 37.3 Å². The molecule has 1 heterocycles. The summed E-state index contributed by atoms with van der Waals surface area (Å²) in [5.74, 6) is -1.14. The van der Waals surface area contributed by atoms with Crippen LogP contribution in [-0.4, -0.2) is 66.5 Å². The van der Waals surface area contributed by atoms with E-state index in [0.717, 1.165) is 11.1 Å². The molecule has 9 heteroatoms. The molecule has 9 nitrogen and oxygen atoms in total. The van der Waals surface area contributed by atoms with Crippen molar-refractivity contribution in [2.75, 3.05) is 20.2 Å². The van der Waals surface area contributed by atoms with Crippen LogP contribution in [0.2, 0.25) is 0 Å². The Kier molecular flexibility index (Phi) is 8.91. The number of hydrogen-bond acceptors (Lipinski definition) is 6. The van der Waals surface area contributed by atoms with Gasteiger partial charge in [-0.15, -0.1) is 0 Å². The summed E-state index contributed by atoms with van der Waals surface area (Å²) in [7, 11) is 1.52. The molecule has 2 aromatic rings. The average molecular weight is 510 g/mol. The Morgan fingerprint density at radius 2 is 1.73 bits per heavy atom. The maximum atomic E-state index is 13.4. The van der Waals surface area contributed by atoms with Crippen LogP contribution in [0.1, 0.15) is 50.9 Å². The van der Waals surface area contributed by atoms with Crippen LogP contribution in [0.3, 0.4) is 0 Å². The van der Waals surface area contributed by atoms with Gasteiger partial charge in [-0.25, -0.2) is 0 Å². The van der Waals surface area contributed by atoms with Gasteiger partial charge in [0.2, 0.25) is 11.8 Å². The Bertz CT molecular complexity index is 1160. The Balaban J connectivity index is 1.89. The number of rotatable bonds is 3. The standard InChI is InChI=1S/C28H35N3O6/c1-18-17-36-22-11-7-9-20(15-22)19-8-6-10-21(14-19)27(35)31(5)23(12-13-24(32)30-18)26(34)29-16-25(33)37-28(2,3)4/h6-11,14-15,18,23H,12-13,16-17H2,1-5H3,(H,29,34)(H,30,32)/t18-,23-/m0/s1. The molecule has 1 aliphatic heterocycles. The average Bonchev–Trinajstić information content (AvgIpc) is 2.84. The third kappa shape index (κ3) is 8.06. The number of nitrogens with zero attached hydrogens (tertiary/aromatic N) is 1. The van der Waals surface area contributed by atoms with Crippen molar-refractivity contribution in [1.29, 1.82) is 0 Å². The molecule has 0 radical (unpaired) electrons. The number of carbonyl (C=O) groups is 4. The van der Waals surface area contributed by atoms with Crippen LogP contribution in [0.15, 0.2) is 48.5 Å². The second-order valence-electron chi connectivity index (χ2n) is 10.2. The van der Waals surface area contributed by atoms with Crippen molar-refractivity contribution in [3.8, 4) is 16.9 Å². The smallest absolute Gasteiger partial charge is 0.325 e. The summed E-state index contributed by atoms with van der Waals surface area (Å²) in [6.07, 6.45) is 0.0720. The van der Waals surface area contributed by atoms with Gasteiger partial charge in [-0.3, -0.25) is 19.2 Å². The van der Waals surface area contributed by atoms with Crippen LogP contribution in [-0.2, 0) is 19.1 Å². The van der Waals surface area contributed by atoms with Gasteiger partial charge in [0.1, 0.15) is 30.5 Å². The number of ether oxygens (including phenoxy) is 2. The molecule has 198 valence electrons. The van der Waals surface area contributed by atoms with Crippen molar-refractivity contribution in [3.63, 3.8) is 0 Å². The van der Waals surface area contributed by atoms with E-state index in [2.05, 4.69) is 10.6 Å². The van der Waals surface area contributed by atoms with Crippen molar-refractivity contribution in [2.45, 2.75) is 58.2 Å². The first-order chi connectivity index (χ1) is 17.4. The summed E-state index contributed by atoms with van der Waals surface area (Å²) in [5, 5.41) is 5.42. The quantitative estimate of drug-likeness (QED) is 0.615. The third-order valence-corrected chi connectivity index (χ3v) is 5.75. The summed E-state index contributed by atoms with van der Waals surface area (Å²) >= 11 is 0. The second-order valence-corrected chi connectivity index (χ2v) is 10.2. The molecule has 0 fully saturated rings. The summed E-state index contributed by atoms with van der Waals surface area (Å²) < 4.78 is 11.1. The summed E-state index contributed by atoms with van der Waals surface area (Å²) in [4.78, 5) is 52.6. The number of nitrogens with one attached hydrogen (secondary N) is 2. The highest BCUT2D eigenvalue weighted by Crippen LogP contribution is 2.26. The minimum atomic E-state index is -0.980. The number of benzene rings is 2. The number of carbonyl (C=O) groups excluding carboxylic acids is 4. The largest absolute Gasteiger partial charge is 0.491 e. The summed E-state index contributed by atoms with van der Waals surface area (Å²) in [6.45, 7) is 6.95. The maximum absolute atomic E-state index is 13.4. The first kappa shape index (κ1) is 27.7. The van der Waals surface area contributed by atoms with Crippen LogP contribution in [0.25, 0.3) is 11.1 Å². The molecule has 37 heavy (non-hydrogen) atoms. The minimum absolute atomic E-state index is 0.00199. The molecule has 0 unspecified atom stereocenters. The van der Waals surface area contributed by atoms with Crippen molar-refractivity contribution in [2.24, 2.45) is 0 Å². The van der Waals surface area contributed by atoms with E-state index in [-0.39, 0.29) is 43.8 Å². The lowest BCUT2D eigenvalue weighted by Crippen LogP contribution is -2.49. The fraction of sp³-hybridized carbons (Fsp3) is 0.429. The molecular formula is C28H35N3O6. The molecule has 2 atom stereocenters. The van der Waals surface area contributed by atoms with Gasteiger partial charge in [0, 0.05) is 19.0 Å². The van der Waals surface area contributed by atoms with E-state index in [1.165, 1.54) is 11.9 Å². The van der Waals surface area contributed by atoms with Gasteiger partial charge >= 0.3 is 5.97 Å². The molecule has 0 saturated heterocycles. The Labute approximate surface area is 217 Å². The van der Waals surface area contributed by atoms with E-state index in [9.17, 15) is 19.2 Å². The first-order valence-corrected chi connectivity index (χ1v) is 12.3. The summed E-state index contributed by atoms with van der Waals surface area (Å²) in [6, 6.07) is 13.4. The molecule has 2 aromatic carbocycles. The van der Waals surface area contributed by atoms with Crippen LogP contribution < -0.4 is 15.4 Å².